The molecule has 20 heavy (non-hydrogen) atoms. The van der Waals surface area contributed by atoms with Crippen LogP contribution in [0.25, 0.3) is 0 Å². The van der Waals surface area contributed by atoms with Crippen molar-refractivity contribution in [3.8, 4) is 5.75 Å². The first-order valence-electron chi connectivity index (χ1n) is 5.99. The summed E-state index contributed by atoms with van der Waals surface area (Å²) in [6.45, 7) is 0.189. The van der Waals surface area contributed by atoms with Crippen molar-refractivity contribution in [3.05, 3.63) is 54.1 Å². The van der Waals surface area contributed by atoms with E-state index >= 15 is 0 Å². The molecule has 0 amide bonds. The molecule has 0 aliphatic heterocycles. The minimum Gasteiger partial charge on any atom is -0.497 e. The normalized spacial score (nSPS) is 11.2. The Morgan fingerprint density at radius 1 is 1.15 bits per heavy atom. The molecule has 0 saturated carbocycles. The zero-order valence-corrected chi connectivity index (χ0v) is 11.9. The van der Waals surface area contributed by atoms with E-state index in [1.54, 1.807) is 31.4 Å². The van der Waals surface area contributed by atoms with E-state index < -0.39 is 10.0 Å². The summed E-state index contributed by atoms with van der Waals surface area (Å²) in [4.78, 5) is 0.153. The molecule has 0 aliphatic carbocycles. The number of anilines is 1. The van der Waals surface area contributed by atoms with E-state index in [-0.39, 0.29) is 11.4 Å². The van der Waals surface area contributed by atoms with Crippen LogP contribution in [-0.2, 0) is 16.6 Å². The lowest BCUT2D eigenvalue weighted by Gasteiger charge is -2.08. The van der Waals surface area contributed by atoms with Gasteiger partial charge < -0.3 is 10.5 Å². The second-order valence-electron chi connectivity index (χ2n) is 4.25. The Labute approximate surface area is 118 Å². The van der Waals surface area contributed by atoms with Crippen molar-refractivity contribution < 1.29 is 13.2 Å². The largest absolute Gasteiger partial charge is 0.497 e. The molecule has 6 heteroatoms. The molecule has 5 nitrogen and oxygen atoms in total. The summed E-state index contributed by atoms with van der Waals surface area (Å²) >= 11 is 0. The fourth-order valence-electron chi connectivity index (χ4n) is 1.73. The van der Waals surface area contributed by atoms with Crippen LogP contribution in [0.2, 0.25) is 0 Å². The number of ether oxygens (including phenoxy) is 1. The zero-order chi connectivity index (χ0) is 14.6. The zero-order valence-electron chi connectivity index (χ0n) is 11.0. The molecule has 0 saturated heterocycles. The summed E-state index contributed by atoms with van der Waals surface area (Å²) < 4.78 is 31.9. The summed E-state index contributed by atoms with van der Waals surface area (Å²) in [6.07, 6.45) is 0. The number of nitrogens with two attached hydrogens (primary N) is 1. The SMILES string of the molecule is COc1cccc(CNS(=O)(=O)c2cccc(N)c2)c1. The van der Waals surface area contributed by atoms with Gasteiger partial charge in [-0.3, -0.25) is 0 Å². The first-order valence-corrected chi connectivity index (χ1v) is 7.48. The standard InChI is InChI=1S/C14H16N2O3S/c1-19-13-6-2-4-11(8-13)10-16-20(17,18)14-7-3-5-12(15)9-14/h2-9,16H,10,15H2,1H3. The first-order chi connectivity index (χ1) is 9.51. The van der Waals surface area contributed by atoms with E-state index in [1.165, 1.54) is 12.1 Å². The van der Waals surface area contributed by atoms with Crippen molar-refractivity contribution in [2.75, 3.05) is 12.8 Å². The Morgan fingerprint density at radius 2 is 1.90 bits per heavy atom. The number of nitrogens with one attached hydrogen (secondary N) is 1. The highest BCUT2D eigenvalue weighted by atomic mass is 32.2. The predicted octanol–water partition coefficient (Wildman–Crippen LogP) is 1.76. The third-order valence-electron chi connectivity index (χ3n) is 2.77. The van der Waals surface area contributed by atoms with Gasteiger partial charge >= 0.3 is 0 Å². The third-order valence-corrected chi connectivity index (χ3v) is 4.17. The molecule has 0 heterocycles. The van der Waals surface area contributed by atoms with Crippen LogP contribution >= 0.6 is 0 Å². The molecule has 0 aliphatic rings. The van der Waals surface area contributed by atoms with E-state index in [4.69, 9.17) is 10.5 Å². The highest BCUT2D eigenvalue weighted by molar-refractivity contribution is 7.89. The van der Waals surface area contributed by atoms with Crippen LogP contribution in [0, 0.1) is 0 Å². The highest BCUT2D eigenvalue weighted by Crippen LogP contribution is 2.15. The molecule has 0 atom stereocenters. The van der Waals surface area contributed by atoms with Gasteiger partial charge in [-0.2, -0.15) is 0 Å². The average Bonchev–Trinajstić information content (AvgIpc) is 2.45. The monoisotopic (exact) mass is 292 g/mol. The number of benzene rings is 2. The minimum absolute atomic E-state index is 0.153. The van der Waals surface area contributed by atoms with Gasteiger partial charge in [0.05, 0.1) is 12.0 Å². The number of rotatable bonds is 5. The summed E-state index contributed by atoms with van der Waals surface area (Å²) in [5.41, 5.74) is 6.82. The molecule has 0 unspecified atom stereocenters. The quantitative estimate of drug-likeness (QED) is 0.823. The Balaban J connectivity index is 2.13. The van der Waals surface area contributed by atoms with E-state index in [0.717, 1.165) is 5.56 Å². The van der Waals surface area contributed by atoms with Crippen molar-refractivity contribution in [1.82, 2.24) is 4.72 Å². The Bertz CT molecular complexity index is 699. The molecule has 0 fully saturated rings. The maximum Gasteiger partial charge on any atom is 0.240 e. The lowest BCUT2D eigenvalue weighted by atomic mass is 10.2. The smallest absolute Gasteiger partial charge is 0.240 e. The molecule has 2 rings (SSSR count). The fourth-order valence-corrected chi connectivity index (χ4v) is 2.80. The van der Waals surface area contributed by atoms with Gasteiger partial charge in [0, 0.05) is 12.2 Å². The molecule has 2 aromatic rings. The molecular weight excluding hydrogens is 276 g/mol. The Hall–Kier alpha value is -2.05. The molecular formula is C14H16N2O3S. The van der Waals surface area contributed by atoms with Gasteiger partial charge in [0.1, 0.15) is 5.75 Å². The van der Waals surface area contributed by atoms with Crippen molar-refractivity contribution >= 4 is 15.7 Å². The van der Waals surface area contributed by atoms with Crippen molar-refractivity contribution in [3.63, 3.8) is 0 Å². The maximum absolute atomic E-state index is 12.1. The van der Waals surface area contributed by atoms with E-state index in [0.29, 0.717) is 11.4 Å². The predicted molar refractivity (Wildman–Crippen MR) is 77.9 cm³/mol. The second kappa shape index (κ2) is 5.94. The summed E-state index contributed by atoms with van der Waals surface area (Å²) in [7, 11) is -2.01. The number of hydrogen-bond donors (Lipinski definition) is 2. The fraction of sp³-hybridized carbons (Fsp3) is 0.143. The van der Waals surface area contributed by atoms with Gasteiger partial charge in [-0.1, -0.05) is 18.2 Å². The van der Waals surface area contributed by atoms with Crippen LogP contribution in [-0.4, -0.2) is 15.5 Å². The van der Waals surface area contributed by atoms with Crippen LogP contribution in [0.3, 0.4) is 0 Å². The molecule has 0 bridgehead atoms. The van der Waals surface area contributed by atoms with Gasteiger partial charge in [0.2, 0.25) is 10.0 Å². The molecule has 106 valence electrons. The van der Waals surface area contributed by atoms with Crippen molar-refractivity contribution in [2.45, 2.75) is 11.4 Å². The van der Waals surface area contributed by atoms with Crippen LogP contribution in [0.5, 0.6) is 5.75 Å². The number of methoxy groups -OCH3 is 1. The van der Waals surface area contributed by atoms with Gasteiger partial charge in [0.15, 0.2) is 0 Å². The highest BCUT2D eigenvalue weighted by Gasteiger charge is 2.13. The minimum atomic E-state index is -3.57. The van der Waals surface area contributed by atoms with Crippen LogP contribution < -0.4 is 15.2 Å². The summed E-state index contributed by atoms with van der Waals surface area (Å²) in [5.74, 6) is 0.686. The van der Waals surface area contributed by atoms with Crippen molar-refractivity contribution in [2.24, 2.45) is 0 Å². The van der Waals surface area contributed by atoms with E-state index in [2.05, 4.69) is 4.72 Å². The molecule has 0 aromatic heterocycles. The topological polar surface area (TPSA) is 81.4 Å². The van der Waals surface area contributed by atoms with Crippen molar-refractivity contribution in [1.29, 1.82) is 0 Å². The second-order valence-corrected chi connectivity index (χ2v) is 6.02. The van der Waals surface area contributed by atoms with Gasteiger partial charge in [0.25, 0.3) is 0 Å². The number of hydrogen-bond acceptors (Lipinski definition) is 4. The van der Waals surface area contributed by atoms with Crippen LogP contribution in [0.4, 0.5) is 5.69 Å². The van der Waals surface area contributed by atoms with E-state index in [1.807, 2.05) is 12.1 Å². The van der Waals surface area contributed by atoms with Crippen LogP contribution in [0.1, 0.15) is 5.56 Å². The third kappa shape index (κ3) is 3.49. The summed E-state index contributed by atoms with van der Waals surface area (Å²) in [5, 5.41) is 0. The summed E-state index contributed by atoms with van der Waals surface area (Å²) in [6, 6.07) is 13.4. The molecule has 0 spiro atoms. The number of nitrogen functional groups attached to an aromatic ring is 1. The van der Waals surface area contributed by atoms with Gasteiger partial charge in [-0.05, 0) is 35.9 Å². The van der Waals surface area contributed by atoms with Gasteiger partial charge in [-0.15, -0.1) is 0 Å². The number of sulfonamides is 1. The maximum atomic E-state index is 12.1. The molecule has 3 N–H and O–H groups in total. The Morgan fingerprint density at radius 3 is 2.60 bits per heavy atom. The Kier molecular flexibility index (Phi) is 4.26. The molecule has 2 aromatic carbocycles. The lowest BCUT2D eigenvalue weighted by molar-refractivity contribution is 0.414. The van der Waals surface area contributed by atoms with Crippen LogP contribution in [0.15, 0.2) is 53.4 Å². The first kappa shape index (κ1) is 14.4. The van der Waals surface area contributed by atoms with E-state index in [9.17, 15) is 8.42 Å². The average molecular weight is 292 g/mol. The van der Waals surface area contributed by atoms with Gasteiger partial charge in [-0.25, -0.2) is 13.1 Å². The lowest BCUT2D eigenvalue weighted by Crippen LogP contribution is -2.23. The molecule has 0 radical (unpaired) electrons.